The molecule has 0 heterocycles. The molecule has 1 nitrogen and oxygen atoms in total. The Balaban J connectivity index is -0.00000000667. The first kappa shape index (κ1) is 25.4. The van der Waals surface area contributed by atoms with Gasteiger partial charge in [-0.15, -0.1) is 12.4 Å². The Kier molecular flexibility index (Phi) is 128. The third kappa shape index (κ3) is 45.2. The quantitative estimate of drug-likeness (QED) is 0.522. The van der Waals surface area contributed by atoms with Gasteiger partial charge in [-0.3, -0.25) is 0 Å². The molecule has 0 aromatic carbocycles. The van der Waals surface area contributed by atoms with Gasteiger partial charge in [0.1, 0.15) is 0 Å². The van der Waals surface area contributed by atoms with Crippen molar-refractivity contribution in [3.8, 4) is 0 Å². The minimum absolute atomic E-state index is 0. The van der Waals surface area contributed by atoms with Gasteiger partial charge < -0.3 is 18.6 Å². The van der Waals surface area contributed by atoms with Gasteiger partial charge in [0.15, 0.2) is 0 Å². The third-order valence-electron chi connectivity index (χ3n) is 0. The van der Waals surface area contributed by atoms with Gasteiger partial charge in [-0.25, -0.2) is 0 Å². The largest absolute Gasteiger partial charge is 0.369 e. The molecule has 0 unspecified atom stereocenters. The second-order valence-electron chi connectivity index (χ2n) is 0.0431. The number of quaternary nitrogens is 1. The van der Waals surface area contributed by atoms with Crippen LogP contribution in [0.2, 0.25) is 0 Å². The van der Waals surface area contributed by atoms with E-state index in [0.29, 0.717) is 0 Å². The van der Waals surface area contributed by atoms with Crippen molar-refractivity contribution in [1.29, 1.82) is 0 Å². The molecular weight excluding hydrogens is 219 g/mol. The van der Waals surface area contributed by atoms with Crippen molar-refractivity contribution in [2.75, 3.05) is 0 Å². The van der Waals surface area contributed by atoms with Crippen LogP contribution in [-0.4, -0.2) is 0 Å². The van der Waals surface area contributed by atoms with E-state index in [4.69, 9.17) is 0 Å². The summed E-state index contributed by atoms with van der Waals surface area (Å²) < 4.78 is 0. The topological polar surface area (TPSA) is 36.5 Å². The fraction of sp³-hybridized carbons (Fsp3) is 0. The molecule has 6 heavy (non-hydrogen) atoms. The fourth-order valence-electron chi connectivity index (χ4n) is 0. The van der Waals surface area contributed by atoms with Crippen LogP contribution >= 0.6 is 32.6 Å². The summed E-state index contributed by atoms with van der Waals surface area (Å²) in [4.78, 5) is 0. The predicted molar refractivity (Wildman–Crippen MR) is 24.9 cm³/mol. The minimum atomic E-state index is 0. The van der Waals surface area contributed by atoms with Crippen molar-refractivity contribution in [2.24, 2.45) is 0 Å². The molecule has 49 valence electrons. The van der Waals surface area contributed by atoms with E-state index < -0.39 is 0 Å². The monoisotopic (exact) mass is 222 g/mol. The summed E-state index contributed by atoms with van der Waals surface area (Å²) in [5.74, 6) is 0. The Labute approximate surface area is 64.2 Å². The van der Waals surface area contributed by atoms with Gasteiger partial charge in [0, 0.05) is 0 Å². The van der Waals surface area contributed by atoms with Crippen LogP contribution < -0.4 is 18.6 Å². The molecular formula is H5Cl4CuN. The maximum Gasteiger partial charge on any atom is -0.369 e. The van der Waals surface area contributed by atoms with Crippen molar-refractivity contribution in [3.05, 3.63) is 0 Å². The van der Waals surface area contributed by atoms with Gasteiger partial charge in [-0.05, 0) is 0 Å². The van der Waals surface area contributed by atoms with E-state index in [1.807, 2.05) is 0 Å². The first-order chi connectivity index (χ1) is 1.41. The predicted octanol–water partition coefficient (Wildman–Crippen LogP) is -0.821. The summed E-state index contributed by atoms with van der Waals surface area (Å²) in [5, 5.41) is 0. The van der Waals surface area contributed by atoms with Gasteiger partial charge in [-0.2, -0.15) is 0 Å². The Hall–Kier alpha value is 1.64. The summed E-state index contributed by atoms with van der Waals surface area (Å²) in [6.07, 6.45) is 0. The van der Waals surface area contributed by atoms with Gasteiger partial charge in [-0.1, -0.05) is 0 Å². The van der Waals surface area contributed by atoms with Gasteiger partial charge in [0.25, 0.3) is 0 Å². The van der Waals surface area contributed by atoms with E-state index in [9.17, 15) is 0 Å². The Morgan fingerprint density at radius 3 is 1.17 bits per heavy atom. The molecule has 0 spiro atoms. The van der Waals surface area contributed by atoms with Gasteiger partial charge in [0.05, 0.1) is 0 Å². The zero-order valence-corrected chi connectivity index (χ0v) is 6.87. The Morgan fingerprint density at radius 2 is 1.17 bits per heavy atom. The van der Waals surface area contributed by atoms with Crippen LogP contribution in [0.4, 0.5) is 0 Å². The second-order valence-corrected chi connectivity index (χ2v) is 1.60. The minimum Gasteiger partial charge on any atom is -0.369 e. The van der Waals surface area contributed by atoms with E-state index in [0.717, 1.165) is 13.1 Å². The molecule has 0 aliphatic carbocycles. The van der Waals surface area contributed by atoms with Crippen LogP contribution in [0.3, 0.4) is 0 Å². The molecule has 0 saturated carbocycles. The van der Waals surface area contributed by atoms with E-state index in [1.54, 1.807) is 0 Å². The smallest absolute Gasteiger partial charge is 0.369 e. The molecule has 0 fully saturated rings. The first-order valence-corrected chi connectivity index (χ1v) is 2.82. The normalized spacial score (nSPS) is 3.67. The summed E-state index contributed by atoms with van der Waals surface area (Å²) in [6, 6.07) is 0. The first-order valence-electron chi connectivity index (χ1n) is 0.228. The number of halogens is 4. The van der Waals surface area contributed by atoms with Crippen molar-refractivity contribution in [1.82, 2.24) is 6.15 Å². The van der Waals surface area contributed by atoms with Crippen molar-refractivity contribution in [2.45, 2.75) is 0 Å². The van der Waals surface area contributed by atoms with Crippen LogP contribution in [0.25, 0.3) is 0 Å². The number of hydrogen-bond acceptors (Lipinski definition) is 0. The van der Waals surface area contributed by atoms with Crippen LogP contribution in [-0.2, 0) is 13.1 Å². The summed E-state index contributed by atoms with van der Waals surface area (Å²) >= 11 is 0.757. The molecule has 0 saturated heterocycles. The zero-order chi connectivity index (χ0) is 2.71. The molecule has 4 N–H and O–H groups in total. The molecule has 0 atom stereocenters. The van der Waals surface area contributed by atoms with E-state index in [1.165, 1.54) is 0 Å². The summed E-state index contributed by atoms with van der Waals surface area (Å²) in [7, 11) is 9.34. The SMILES string of the molecule is Cl.[Cl-].[Cl][Cu][Cl].[NH4+]. The fourth-order valence-corrected chi connectivity index (χ4v) is 0. The standard InChI is InChI=1S/4ClH.Cu.H3N/h4*1H;;1H3/q;;;;+2;/p-2. The zero-order valence-electron chi connectivity index (χ0n) is 2.84. The average Bonchev–Trinajstić information content (AvgIpc) is 0.918. The van der Waals surface area contributed by atoms with Crippen molar-refractivity contribution in [3.63, 3.8) is 0 Å². The van der Waals surface area contributed by atoms with Gasteiger partial charge in [0.2, 0.25) is 0 Å². The second kappa shape index (κ2) is 30.3. The molecule has 0 rings (SSSR count). The molecule has 0 radical (unpaired) electrons. The number of hydrogen-bond donors (Lipinski definition) is 1. The molecule has 0 bridgehead atoms. The van der Waals surface area contributed by atoms with Crippen molar-refractivity contribution < 1.29 is 25.5 Å². The van der Waals surface area contributed by atoms with E-state index in [-0.39, 0.29) is 31.0 Å². The maximum atomic E-state index is 4.67. The number of rotatable bonds is 0. The Bertz CT molecular complexity index is 7.51. The molecule has 6 heteroatoms. The van der Waals surface area contributed by atoms with Crippen LogP contribution in [0.15, 0.2) is 0 Å². The molecule has 0 aromatic rings. The Morgan fingerprint density at radius 1 is 1.17 bits per heavy atom. The molecule has 0 aliphatic heterocycles. The van der Waals surface area contributed by atoms with E-state index in [2.05, 4.69) is 20.2 Å². The maximum absolute atomic E-state index is 4.67. The summed E-state index contributed by atoms with van der Waals surface area (Å²) in [5.41, 5.74) is 0. The van der Waals surface area contributed by atoms with Crippen molar-refractivity contribution >= 4 is 32.6 Å². The molecule has 0 aromatic heterocycles. The summed E-state index contributed by atoms with van der Waals surface area (Å²) in [6.45, 7) is 0. The van der Waals surface area contributed by atoms with E-state index >= 15 is 0 Å². The average molecular weight is 224 g/mol. The van der Waals surface area contributed by atoms with Crippen LogP contribution in [0.1, 0.15) is 0 Å². The third-order valence-corrected chi connectivity index (χ3v) is 0. The van der Waals surface area contributed by atoms with Crippen LogP contribution in [0.5, 0.6) is 0 Å². The van der Waals surface area contributed by atoms with Gasteiger partial charge >= 0.3 is 33.3 Å². The van der Waals surface area contributed by atoms with Crippen LogP contribution in [0, 0.1) is 0 Å². The molecule has 0 aliphatic rings. The molecule has 0 amide bonds.